The van der Waals surface area contributed by atoms with Crippen LogP contribution in [0.2, 0.25) is 0 Å². The van der Waals surface area contributed by atoms with Crippen molar-refractivity contribution >= 4 is 0 Å². The molecule has 1 saturated heterocycles. The van der Waals surface area contributed by atoms with E-state index in [0.717, 1.165) is 5.92 Å². The molecule has 1 saturated carbocycles. The minimum Gasteiger partial charge on any atom is -0.314 e. The fourth-order valence-electron chi connectivity index (χ4n) is 4.29. The molecule has 2 atom stereocenters. The van der Waals surface area contributed by atoms with E-state index in [2.05, 4.69) is 43.4 Å². The van der Waals surface area contributed by atoms with E-state index in [0.29, 0.717) is 11.5 Å². The van der Waals surface area contributed by atoms with Gasteiger partial charge in [-0.1, -0.05) is 51.0 Å². The molecule has 3 rings (SSSR count). The summed E-state index contributed by atoms with van der Waals surface area (Å²) in [6.07, 6.45) is 10.8. The third-order valence-corrected chi connectivity index (χ3v) is 5.55. The maximum Gasteiger partial charge on any atom is 0.0107 e. The van der Waals surface area contributed by atoms with Gasteiger partial charge < -0.3 is 5.32 Å². The van der Waals surface area contributed by atoms with Gasteiger partial charge in [0.05, 0.1) is 0 Å². The Balaban J connectivity index is 1.61. The van der Waals surface area contributed by atoms with E-state index in [9.17, 15) is 0 Å². The van der Waals surface area contributed by atoms with Gasteiger partial charge in [0.15, 0.2) is 0 Å². The van der Waals surface area contributed by atoms with Crippen molar-refractivity contribution in [2.24, 2.45) is 5.41 Å². The van der Waals surface area contributed by atoms with Crippen molar-refractivity contribution in [2.75, 3.05) is 6.54 Å². The highest BCUT2D eigenvalue weighted by Gasteiger charge is 2.28. The first-order valence-electron chi connectivity index (χ1n) is 8.95. The van der Waals surface area contributed by atoms with E-state index in [-0.39, 0.29) is 0 Å². The molecule has 2 aliphatic rings. The molecular weight excluding hydrogens is 254 g/mol. The second kappa shape index (κ2) is 6.52. The average molecular weight is 285 g/mol. The summed E-state index contributed by atoms with van der Waals surface area (Å²) in [6, 6.07) is 10.3. The zero-order valence-electron chi connectivity index (χ0n) is 13.8. The lowest BCUT2D eigenvalue weighted by atomic mass is 9.70. The zero-order chi connectivity index (χ0) is 14.7. The lowest BCUT2D eigenvalue weighted by molar-refractivity contribution is 0.219. The van der Waals surface area contributed by atoms with E-state index in [1.54, 1.807) is 5.56 Å². The Labute approximate surface area is 130 Å². The van der Waals surface area contributed by atoms with E-state index in [1.807, 2.05) is 0 Å². The van der Waals surface area contributed by atoms with Crippen LogP contribution in [0, 0.1) is 5.41 Å². The summed E-state index contributed by atoms with van der Waals surface area (Å²) in [5.41, 5.74) is 3.62. The van der Waals surface area contributed by atoms with E-state index < -0.39 is 0 Å². The first-order valence-corrected chi connectivity index (χ1v) is 8.95. The predicted octanol–water partition coefficient (Wildman–Crippen LogP) is 5.06. The molecule has 0 spiro atoms. The molecule has 0 radical (unpaired) electrons. The number of nitrogens with one attached hydrogen (secondary N) is 1. The van der Waals surface area contributed by atoms with Crippen LogP contribution < -0.4 is 5.32 Å². The van der Waals surface area contributed by atoms with Gasteiger partial charge in [-0.05, 0) is 67.5 Å². The van der Waals surface area contributed by atoms with E-state index >= 15 is 0 Å². The van der Waals surface area contributed by atoms with Crippen molar-refractivity contribution in [1.29, 1.82) is 0 Å². The highest BCUT2D eigenvalue weighted by molar-refractivity contribution is 5.26. The molecule has 1 aliphatic heterocycles. The van der Waals surface area contributed by atoms with Crippen LogP contribution in [0.25, 0.3) is 0 Å². The summed E-state index contributed by atoms with van der Waals surface area (Å²) in [7, 11) is 0. The molecule has 0 bridgehead atoms. The smallest absolute Gasteiger partial charge is 0.0107 e. The van der Waals surface area contributed by atoms with Gasteiger partial charge in [-0.25, -0.2) is 0 Å². The third kappa shape index (κ3) is 4.10. The fraction of sp³-hybridized carbons (Fsp3) is 0.700. The van der Waals surface area contributed by atoms with Crippen LogP contribution in [-0.4, -0.2) is 12.6 Å². The van der Waals surface area contributed by atoms with Crippen molar-refractivity contribution in [3.05, 3.63) is 35.4 Å². The molecule has 2 unspecified atom stereocenters. The third-order valence-electron chi connectivity index (χ3n) is 5.55. The van der Waals surface area contributed by atoms with Crippen molar-refractivity contribution < 1.29 is 0 Å². The topological polar surface area (TPSA) is 12.0 Å². The van der Waals surface area contributed by atoms with E-state index in [1.165, 1.54) is 63.5 Å². The zero-order valence-corrected chi connectivity index (χ0v) is 13.8. The Hall–Kier alpha value is -0.820. The van der Waals surface area contributed by atoms with Crippen LogP contribution >= 0.6 is 0 Å². The standard InChI is InChI=1S/C20H31N/c1-20(2)12-5-6-18(15-20)17-10-8-16(9-11-17)14-19-7-3-4-13-21-19/h8-11,18-19,21H,3-7,12-15H2,1-2H3. The number of rotatable bonds is 3. The number of benzene rings is 1. The first kappa shape index (κ1) is 15.1. The molecule has 1 nitrogen and oxygen atoms in total. The number of hydrogen-bond acceptors (Lipinski definition) is 1. The van der Waals surface area contributed by atoms with Gasteiger partial charge in [0.25, 0.3) is 0 Å². The fourth-order valence-corrected chi connectivity index (χ4v) is 4.29. The van der Waals surface area contributed by atoms with Crippen molar-refractivity contribution in [1.82, 2.24) is 5.32 Å². The van der Waals surface area contributed by atoms with Gasteiger partial charge in [-0.3, -0.25) is 0 Å². The van der Waals surface area contributed by atoms with Gasteiger partial charge >= 0.3 is 0 Å². The van der Waals surface area contributed by atoms with Crippen molar-refractivity contribution in [3.8, 4) is 0 Å². The maximum absolute atomic E-state index is 3.66. The Morgan fingerprint density at radius 3 is 2.52 bits per heavy atom. The molecule has 0 amide bonds. The average Bonchev–Trinajstić information content (AvgIpc) is 2.48. The summed E-state index contributed by atoms with van der Waals surface area (Å²) < 4.78 is 0. The Morgan fingerprint density at radius 1 is 1.05 bits per heavy atom. The molecule has 2 fully saturated rings. The number of hydrogen-bond donors (Lipinski definition) is 1. The summed E-state index contributed by atoms with van der Waals surface area (Å²) in [4.78, 5) is 0. The molecule has 1 aromatic carbocycles. The van der Waals surface area contributed by atoms with E-state index in [4.69, 9.17) is 0 Å². The molecule has 1 N–H and O–H groups in total. The van der Waals surface area contributed by atoms with Crippen LogP contribution in [0.3, 0.4) is 0 Å². The molecule has 1 aromatic rings. The lowest BCUT2D eigenvalue weighted by Gasteiger charge is -2.35. The maximum atomic E-state index is 3.66. The molecule has 0 aromatic heterocycles. The molecule has 21 heavy (non-hydrogen) atoms. The quantitative estimate of drug-likeness (QED) is 0.819. The van der Waals surface area contributed by atoms with Gasteiger partial charge in [-0.15, -0.1) is 0 Å². The van der Waals surface area contributed by atoms with Gasteiger partial charge in [0.2, 0.25) is 0 Å². The van der Waals surface area contributed by atoms with Gasteiger partial charge in [0, 0.05) is 6.04 Å². The van der Waals surface area contributed by atoms with Crippen LogP contribution in [0.15, 0.2) is 24.3 Å². The number of piperidine rings is 1. The highest BCUT2D eigenvalue weighted by Crippen LogP contribution is 2.43. The Kier molecular flexibility index (Phi) is 4.69. The van der Waals surface area contributed by atoms with Crippen molar-refractivity contribution in [3.63, 3.8) is 0 Å². The summed E-state index contributed by atoms with van der Waals surface area (Å²) >= 11 is 0. The summed E-state index contributed by atoms with van der Waals surface area (Å²) in [5, 5.41) is 3.66. The van der Waals surface area contributed by atoms with Crippen LogP contribution in [0.4, 0.5) is 0 Å². The molecule has 1 aliphatic carbocycles. The highest BCUT2D eigenvalue weighted by atomic mass is 14.9. The summed E-state index contributed by atoms with van der Waals surface area (Å²) in [5.74, 6) is 0.788. The first-order chi connectivity index (χ1) is 10.1. The lowest BCUT2D eigenvalue weighted by Crippen LogP contribution is -2.35. The van der Waals surface area contributed by atoms with Crippen LogP contribution in [-0.2, 0) is 6.42 Å². The monoisotopic (exact) mass is 285 g/mol. The van der Waals surface area contributed by atoms with Crippen LogP contribution in [0.5, 0.6) is 0 Å². The predicted molar refractivity (Wildman–Crippen MR) is 90.8 cm³/mol. The normalized spacial score (nSPS) is 29.2. The van der Waals surface area contributed by atoms with Crippen molar-refractivity contribution in [2.45, 2.75) is 77.2 Å². The minimum atomic E-state index is 0.535. The van der Waals surface area contributed by atoms with Gasteiger partial charge in [-0.2, -0.15) is 0 Å². The summed E-state index contributed by atoms with van der Waals surface area (Å²) in [6.45, 7) is 6.07. The SMILES string of the molecule is CC1(C)CCCC(c2ccc(CC3CCCCN3)cc2)C1. The van der Waals surface area contributed by atoms with Gasteiger partial charge in [0.1, 0.15) is 0 Å². The minimum absolute atomic E-state index is 0.535. The second-order valence-electron chi connectivity index (χ2n) is 8.05. The molecule has 1 heterocycles. The molecule has 116 valence electrons. The van der Waals surface area contributed by atoms with Crippen LogP contribution in [0.1, 0.15) is 75.8 Å². The molecular formula is C20H31N. The molecule has 1 heteroatoms. The second-order valence-corrected chi connectivity index (χ2v) is 8.05. The largest absolute Gasteiger partial charge is 0.314 e. The Morgan fingerprint density at radius 2 is 1.86 bits per heavy atom. The Bertz CT molecular complexity index is 439.